The molecule has 2 atom stereocenters. The Balaban J connectivity index is 1.88. The predicted octanol–water partition coefficient (Wildman–Crippen LogP) is 2.09. The van der Waals surface area contributed by atoms with Gasteiger partial charge in [-0.05, 0) is 31.4 Å². The van der Waals surface area contributed by atoms with E-state index in [4.69, 9.17) is 11.6 Å². The highest BCUT2D eigenvalue weighted by molar-refractivity contribution is 6.29. The number of anilines is 1. The summed E-state index contributed by atoms with van der Waals surface area (Å²) in [7, 11) is 0. The first-order valence-electron chi connectivity index (χ1n) is 5.73. The highest BCUT2D eigenvalue weighted by atomic mass is 35.5. The van der Waals surface area contributed by atoms with Gasteiger partial charge in [0, 0.05) is 18.0 Å². The van der Waals surface area contributed by atoms with Gasteiger partial charge in [0.05, 0.1) is 6.61 Å². The van der Waals surface area contributed by atoms with Crippen molar-refractivity contribution >= 4 is 17.4 Å². The van der Waals surface area contributed by atoms with Gasteiger partial charge in [0.25, 0.3) is 0 Å². The number of pyridine rings is 1. The maximum atomic E-state index is 9.49. The summed E-state index contributed by atoms with van der Waals surface area (Å²) >= 11 is 5.91. The Hall–Kier alpha value is -0.800. The number of halogens is 1. The monoisotopic (exact) mass is 238 g/mol. The van der Waals surface area contributed by atoms with Crippen LogP contribution in [0.3, 0.4) is 0 Å². The third-order valence-electron chi connectivity index (χ3n) is 3.95. The number of hydrogen-bond acceptors (Lipinski definition) is 3. The summed E-state index contributed by atoms with van der Waals surface area (Å²) in [4.78, 5) is 6.65. The zero-order valence-corrected chi connectivity index (χ0v) is 9.82. The number of aliphatic hydroxyl groups excluding tert-OH is 1. The van der Waals surface area contributed by atoms with Crippen molar-refractivity contribution in [3.8, 4) is 0 Å². The Bertz CT molecular complexity index is 412. The van der Waals surface area contributed by atoms with Crippen molar-refractivity contribution in [2.75, 3.05) is 18.1 Å². The molecule has 86 valence electrons. The summed E-state index contributed by atoms with van der Waals surface area (Å²) in [6.45, 7) is 1.21. The average molecular weight is 239 g/mol. The summed E-state index contributed by atoms with van der Waals surface area (Å²) < 4.78 is 0. The maximum Gasteiger partial charge on any atom is 0.131 e. The van der Waals surface area contributed by atoms with E-state index in [0.29, 0.717) is 17.8 Å². The van der Waals surface area contributed by atoms with Crippen LogP contribution >= 0.6 is 11.6 Å². The molecule has 3 rings (SSSR count). The lowest BCUT2D eigenvalue weighted by atomic mass is 9.88. The minimum absolute atomic E-state index is 0.120. The molecule has 1 aliphatic carbocycles. The topological polar surface area (TPSA) is 36.4 Å². The van der Waals surface area contributed by atoms with E-state index in [2.05, 4.69) is 9.88 Å². The fourth-order valence-electron chi connectivity index (χ4n) is 3.10. The molecule has 2 bridgehead atoms. The smallest absolute Gasteiger partial charge is 0.131 e. The predicted molar refractivity (Wildman–Crippen MR) is 63.8 cm³/mol. The molecule has 1 N–H and O–H groups in total. The number of nitrogens with zero attached hydrogens (tertiary/aromatic N) is 2. The van der Waals surface area contributed by atoms with Crippen molar-refractivity contribution < 1.29 is 5.11 Å². The largest absolute Gasteiger partial charge is 0.396 e. The van der Waals surface area contributed by atoms with Crippen LogP contribution in [-0.2, 0) is 0 Å². The van der Waals surface area contributed by atoms with E-state index in [0.717, 1.165) is 31.6 Å². The molecule has 1 aromatic heterocycles. The van der Waals surface area contributed by atoms with E-state index in [-0.39, 0.29) is 5.41 Å². The van der Waals surface area contributed by atoms with Crippen LogP contribution in [0.25, 0.3) is 0 Å². The van der Waals surface area contributed by atoms with Crippen molar-refractivity contribution in [2.24, 2.45) is 5.41 Å². The van der Waals surface area contributed by atoms with Gasteiger partial charge in [-0.25, -0.2) is 4.98 Å². The third kappa shape index (κ3) is 1.50. The number of hydrogen-bond donors (Lipinski definition) is 1. The number of rotatable bonds is 2. The second kappa shape index (κ2) is 3.60. The Morgan fingerprint density at radius 2 is 2.44 bits per heavy atom. The Morgan fingerprint density at radius 1 is 1.56 bits per heavy atom. The van der Waals surface area contributed by atoms with Crippen LogP contribution in [0.2, 0.25) is 5.15 Å². The van der Waals surface area contributed by atoms with Gasteiger partial charge < -0.3 is 10.0 Å². The van der Waals surface area contributed by atoms with Gasteiger partial charge in [0.1, 0.15) is 11.0 Å². The lowest BCUT2D eigenvalue weighted by molar-refractivity contribution is 0.148. The normalized spacial score (nSPS) is 32.4. The molecule has 2 heterocycles. The molecule has 4 heteroatoms. The molecule has 1 saturated heterocycles. The van der Waals surface area contributed by atoms with Crippen LogP contribution < -0.4 is 4.90 Å². The van der Waals surface area contributed by atoms with Gasteiger partial charge in [0.2, 0.25) is 0 Å². The zero-order chi connectivity index (χ0) is 11.2. The SMILES string of the molecule is OCC12CCC(C1)N(c1cccc(Cl)n1)C2. The van der Waals surface area contributed by atoms with Gasteiger partial charge in [-0.15, -0.1) is 0 Å². The number of aliphatic hydroxyl groups is 1. The number of fused-ring (bicyclic) bond motifs is 2. The van der Waals surface area contributed by atoms with E-state index >= 15 is 0 Å². The summed E-state index contributed by atoms with van der Waals surface area (Å²) in [6, 6.07) is 6.26. The molecule has 2 aliphatic rings. The first-order chi connectivity index (χ1) is 7.72. The first kappa shape index (κ1) is 10.4. The van der Waals surface area contributed by atoms with E-state index in [1.54, 1.807) is 6.07 Å². The van der Waals surface area contributed by atoms with Crippen LogP contribution in [0.1, 0.15) is 19.3 Å². The van der Waals surface area contributed by atoms with E-state index in [1.165, 1.54) is 0 Å². The molecule has 3 nitrogen and oxygen atoms in total. The van der Waals surface area contributed by atoms with Gasteiger partial charge in [-0.1, -0.05) is 17.7 Å². The van der Waals surface area contributed by atoms with Crippen molar-refractivity contribution in [3.05, 3.63) is 23.4 Å². The summed E-state index contributed by atoms with van der Waals surface area (Å²) in [6.07, 6.45) is 3.40. The second-order valence-electron chi connectivity index (χ2n) is 5.00. The molecular formula is C12H15ClN2O. The van der Waals surface area contributed by atoms with E-state index in [9.17, 15) is 5.11 Å². The minimum Gasteiger partial charge on any atom is -0.396 e. The molecule has 0 aromatic carbocycles. The summed E-state index contributed by atoms with van der Waals surface area (Å²) in [5.41, 5.74) is 0.120. The molecule has 1 aliphatic heterocycles. The van der Waals surface area contributed by atoms with Crippen LogP contribution in [-0.4, -0.2) is 29.3 Å². The van der Waals surface area contributed by atoms with Gasteiger partial charge in [0.15, 0.2) is 0 Å². The van der Waals surface area contributed by atoms with Crippen molar-refractivity contribution in [1.29, 1.82) is 0 Å². The van der Waals surface area contributed by atoms with E-state index < -0.39 is 0 Å². The average Bonchev–Trinajstić information content (AvgIpc) is 2.87. The summed E-state index contributed by atoms with van der Waals surface area (Å²) in [5.74, 6) is 0.951. The molecule has 2 fully saturated rings. The lowest BCUT2D eigenvalue weighted by Crippen LogP contribution is -2.37. The quantitative estimate of drug-likeness (QED) is 0.802. The number of aromatic nitrogens is 1. The van der Waals surface area contributed by atoms with Gasteiger partial charge in [-0.3, -0.25) is 0 Å². The standard InChI is InChI=1S/C12H15ClN2O/c13-10-2-1-3-11(14-10)15-7-12(8-16)5-4-9(15)6-12/h1-3,9,16H,4-8H2. The summed E-state index contributed by atoms with van der Waals surface area (Å²) in [5, 5.41) is 10.0. The van der Waals surface area contributed by atoms with Gasteiger partial charge in [-0.2, -0.15) is 0 Å². The van der Waals surface area contributed by atoms with Crippen LogP contribution in [0, 0.1) is 5.41 Å². The Labute approximate surface area is 100 Å². The van der Waals surface area contributed by atoms with Crippen LogP contribution in [0.4, 0.5) is 5.82 Å². The fourth-order valence-corrected chi connectivity index (χ4v) is 3.26. The minimum atomic E-state index is 0.120. The van der Waals surface area contributed by atoms with Crippen LogP contribution in [0.15, 0.2) is 18.2 Å². The molecule has 1 aromatic rings. The van der Waals surface area contributed by atoms with Crippen molar-refractivity contribution in [3.63, 3.8) is 0 Å². The first-order valence-corrected chi connectivity index (χ1v) is 6.10. The Kier molecular flexibility index (Phi) is 2.33. The molecule has 2 unspecified atom stereocenters. The molecule has 1 saturated carbocycles. The zero-order valence-electron chi connectivity index (χ0n) is 9.06. The lowest BCUT2D eigenvalue weighted by Gasteiger charge is -2.32. The Morgan fingerprint density at radius 3 is 3.12 bits per heavy atom. The fraction of sp³-hybridized carbons (Fsp3) is 0.583. The van der Waals surface area contributed by atoms with Crippen molar-refractivity contribution in [2.45, 2.75) is 25.3 Å². The number of piperidine rings is 1. The van der Waals surface area contributed by atoms with Crippen LogP contribution in [0.5, 0.6) is 0 Å². The maximum absolute atomic E-state index is 9.49. The third-order valence-corrected chi connectivity index (χ3v) is 4.16. The molecule has 0 spiro atoms. The van der Waals surface area contributed by atoms with E-state index in [1.807, 2.05) is 12.1 Å². The molecule has 0 radical (unpaired) electrons. The highest BCUT2D eigenvalue weighted by Gasteiger charge is 2.49. The molecule has 16 heavy (non-hydrogen) atoms. The molecular weight excluding hydrogens is 224 g/mol. The highest BCUT2D eigenvalue weighted by Crippen LogP contribution is 2.48. The van der Waals surface area contributed by atoms with Gasteiger partial charge >= 0.3 is 0 Å². The van der Waals surface area contributed by atoms with Crippen molar-refractivity contribution in [1.82, 2.24) is 4.98 Å². The molecule has 0 amide bonds. The second-order valence-corrected chi connectivity index (χ2v) is 5.39.